The molecular formula is C16H27N3O2. The molecule has 0 saturated carbocycles. The third-order valence-corrected chi connectivity index (χ3v) is 3.62. The van der Waals surface area contributed by atoms with Gasteiger partial charge in [0, 0.05) is 31.9 Å². The molecule has 0 heterocycles. The lowest BCUT2D eigenvalue weighted by molar-refractivity contribution is -0.118. The molecule has 1 rings (SSSR count). The number of nitrogens with two attached hydrogens (primary N) is 1. The number of carbonyl (C=O) groups is 1. The van der Waals surface area contributed by atoms with Gasteiger partial charge in [-0.15, -0.1) is 0 Å². The maximum absolute atomic E-state index is 12.1. The van der Waals surface area contributed by atoms with Gasteiger partial charge in [-0.25, -0.2) is 0 Å². The van der Waals surface area contributed by atoms with Gasteiger partial charge in [-0.3, -0.25) is 9.69 Å². The first-order valence-corrected chi connectivity index (χ1v) is 7.42. The summed E-state index contributed by atoms with van der Waals surface area (Å²) in [6.45, 7) is 6.50. The Hall–Kier alpha value is -1.43. The van der Waals surface area contributed by atoms with Crippen LogP contribution in [0, 0.1) is 0 Å². The summed E-state index contributed by atoms with van der Waals surface area (Å²) in [6.07, 6.45) is 1.00. The summed E-state index contributed by atoms with van der Waals surface area (Å²) in [6, 6.07) is 7.96. The lowest BCUT2D eigenvalue weighted by Gasteiger charge is -2.27. The van der Waals surface area contributed by atoms with Gasteiger partial charge in [0.15, 0.2) is 0 Å². The average molecular weight is 293 g/mol. The number of hydrogen-bond donors (Lipinski definition) is 2. The normalized spacial score (nSPS) is 12.4. The fraction of sp³-hybridized carbons (Fsp3) is 0.562. The summed E-state index contributed by atoms with van der Waals surface area (Å²) in [5, 5.41) is 2.92. The van der Waals surface area contributed by atoms with Crippen molar-refractivity contribution in [1.29, 1.82) is 0 Å². The second-order valence-electron chi connectivity index (χ2n) is 5.17. The molecule has 3 N–H and O–H groups in total. The topological polar surface area (TPSA) is 67.6 Å². The van der Waals surface area contributed by atoms with Crippen LogP contribution in [0.2, 0.25) is 0 Å². The number of nitrogens with zero attached hydrogens (tertiary/aromatic N) is 1. The van der Waals surface area contributed by atoms with E-state index in [2.05, 4.69) is 24.1 Å². The molecule has 0 aliphatic carbocycles. The second kappa shape index (κ2) is 9.50. The van der Waals surface area contributed by atoms with E-state index in [9.17, 15) is 4.79 Å². The standard InChI is InChI=1S/C16H27N3O2/c1-4-13(2)19(9-10-21-3)12-16(20)18-15-7-5-14(11-17)6-8-15/h5-8,13H,4,9-12,17H2,1-3H3,(H,18,20). The summed E-state index contributed by atoms with van der Waals surface area (Å²) in [4.78, 5) is 14.3. The number of anilines is 1. The molecule has 0 saturated heterocycles. The monoisotopic (exact) mass is 293 g/mol. The van der Waals surface area contributed by atoms with Gasteiger partial charge in [0.25, 0.3) is 0 Å². The molecule has 1 unspecified atom stereocenters. The molecule has 0 spiro atoms. The first-order chi connectivity index (χ1) is 10.1. The Balaban J connectivity index is 2.55. The molecule has 0 aromatic heterocycles. The number of ether oxygens (including phenoxy) is 1. The van der Waals surface area contributed by atoms with Gasteiger partial charge < -0.3 is 15.8 Å². The van der Waals surface area contributed by atoms with E-state index < -0.39 is 0 Å². The van der Waals surface area contributed by atoms with Crippen LogP contribution in [0.25, 0.3) is 0 Å². The van der Waals surface area contributed by atoms with E-state index in [1.54, 1.807) is 7.11 Å². The van der Waals surface area contributed by atoms with Gasteiger partial charge in [-0.05, 0) is 31.0 Å². The molecule has 118 valence electrons. The summed E-state index contributed by atoms with van der Waals surface area (Å²) >= 11 is 0. The molecule has 5 nitrogen and oxygen atoms in total. The number of benzene rings is 1. The number of hydrogen-bond acceptors (Lipinski definition) is 4. The lowest BCUT2D eigenvalue weighted by Crippen LogP contribution is -2.41. The van der Waals surface area contributed by atoms with Crippen LogP contribution in [-0.2, 0) is 16.1 Å². The number of rotatable bonds is 9. The van der Waals surface area contributed by atoms with E-state index in [0.717, 1.165) is 24.2 Å². The van der Waals surface area contributed by atoms with Gasteiger partial charge in [0.1, 0.15) is 0 Å². The summed E-state index contributed by atoms with van der Waals surface area (Å²) in [5.74, 6) is -0.00750. The fourth-order valence-electron chi connectivity index (χ4n) is 2.03. The Morgan fingerprint density at radius 2 is 2.05 bits per heavy atom. The van der Waals surface area contributed by atoms with Crippen LogP contribution >= 0.6 is 0 Å². The molecule has 1 amide bonds. The summed E-state index contributed by atoms with van der Waals surface area (Å²) < 4.78 is 5.11. The third-order valence-electron chi connectivity index (χ3n) is 3.62. The highest BCUT2D eigenvalue weighted by Gasteiger charge is 2.15. The summed E-state index contributed by atoms with van der Waals surface area (Å²) in [5.41, 5.74) is 7.41. The second-order valence-corrected chi connectivity index (χ2v) is 5.17. The Kier molecular flexibility index (Phi) is 7.97. The maximum Gasteiger partial charge on any atom is 0.238 e. The van der Waals surface area contributed by atoms with Crippen LogP contribution in [0.1, 0.15) is 25.8 Å². The average Bonchev–Trinajstić information content (AvgIpc) is 2.51. The largest absolute Gasteiger partial charge is 0.383 e. The van der Waals surface area contributed by atoms with E-state index in [1.807, 2.05) is 24.3 Å². The van der Waals surface area contributed by atoms with Gasteiger partial charge in [0.2, 0.25) is 5.91 Å². The zero-order valence-corrected chi connectivity index (χ0v) is 13.3. The van der Waals surface area contributed by atoms with Crippen LogP contribution in [0.5, 0.6) is 0 Å². The minimum Gasteiger partial charge on any atom is -0.383 e. The van der Waals surface area contributed by atoms with Crippen molar-refractivity contribution in [1.82, 2.24) is 4.90 Å². The molecule has 1 aromatic carbocycles. The van der Waals surface area contributed by atoms with E-state index >= 15 is 0 Å². The predicted octanol–water partition coefficient (Wildman–Crippen LogP) is 1.83. The number of amides is 1. The molecule has 5 heteroatoms. The fourth-order valence-corrected chi connectivity index (χ4v) is 2.03. The van der Waals surface area contributed by atoms with Crippen LogP contribution in [0.15, 0.2) is 24.3 Å². The van der Waals surface area contributed by atoms with E-state index in [-0.39, 0.29) is 5.91 Å². The van der Waals surface area contributed by atoms with Gasteiger partial charge in [0.05, 0.1) is 13.2 Å². The van der Waals surface area contributed by atoms with Gasteiger partial charge in [-0.2, -0.15) is 0 Å². The first kappa shape index (κ1) is 17.6. The first-order valence-electron chi connectivity index (χ1n) is 7.42. The smallest absolute Gasteiger partial charge is 0.238 e. The molecular weight excluding hydrogens is 266 g/mol. The van der Waals surface area contributed by atoms with E-state index in [1.165, 1.54) is 0 Å². The molecule has 1 aromatic rings. The van der Waals surface area contributed by atoms with Crippen molar-refractivity contribution in [2.45, 2.75) is 32.9 Å². The Bertz CT molecular complexity index is 420. The number of carbonyl (C=O) groups excluding carboxylic acids is 1. The van der Waals surface area contributed by atoms with Crippen LogP contribution in [0.3, 0.4) is 0 Å². The van der Waals surface area contributed by atoms with Crippen molar-refractivity contribution >= 4 is 11.6 Å². The van der Waals surface area contributed by atoms with Crippen LogP contribution < -0.4 is 11.1 Å². The molecule has 0 fully saturated rings. The SMILES string of the molecule is CCC(C)N(CCOC)CC(=O)Nc1ccc(CN)cc1. The number of nitrogens with one attached hydrogen (secondary N) is 1. The minimum absolute atomic E-state index is 0.00750. The maximum atomic E-state index is 12.1. The van der Waals surface area contributed by atoms with E-state index in [4.69, 9.17) is 10.5 Å². The van der Waals surface area contributed by atoms with Gasteiger partial charge in [-0.1, -0.05) is 19.1 Å². The molecule has 0 aliphatic heterocycles. The van der Waals surface area contributed by atoms with Crippen molar-refractivity contribution < 1.29 is 9.53 Å². The third kappa shape index (κ3) is 6.25. The highest BCUT2D eigenvalue weighted by atomic mass is 16.5. The zero-order chi connectivity index (χ0) is 15.7. The molecule has 1 atom stereocenters. The molecule has 21 heavy (non-hydrogen) atoms. The Morgan fingerprint density at radius 1 is 1.38 bits per heavy atom. The quantitative estimate of drug-likeness (QED) is 0.729. The minimum atomic E-state index is -0.00750. The molecule has 0 bridgehead atoms. The highest BCUT2D eigenvalue weighted by Crippen LogP contribution is 2.10. The molecule has 0 aliphatic rings. The van der Waals surface area contributed by atoms with Crippen molar-refractivity contribution in [3.63, 3.8) is 0 Å². The summed E-state index contributed by atoms with van der Waals surface area (Å²) in [7, 11) is 1.67. The van der Waals surface area contributed by atoms with E-state index in [0.29, 0.717) is 25.7 Å². The predicted molar refractivity (Wildman–Crippen MR) is 86.2 cm³/mol. The van der Waals surface area contributed by atoms with Gasteiger partial charge >= 0.3 is 0 Å². The van der Waals surface area contributed by atoms with Crippen molar-refractivity contribution in [2.75, 3.05) is 32.1 Å². The van der Waals surface area contributed by atoms with Crippen LogP contribution in [-0.4, -0.2) is 43.7 Å². The lowest BCUT2D eigenvalue weighted by atomic mass is 10.2. The highest BCUT2D eigenvalue weighted by molar-refractivity contribution is 5.92. The van der Waals surface area contributed by atoms with Crippen molar-refractivity contribution in [3.8, 4) is 0 Å². The van der Waals surface area contributed by atoms with Crippen molar-refractivity contribution in [2.24, 2.45) is 5.73 Å². The van der Waals surface area contributed by atoms with Crippen molar-refractivity contribution in [3.05, 3.63) is 29.8 Å². The zero-order valence-electron chi connectivity index (χ0n) is 13.3. The number of methoxy groups -OCH3 is 1. The Morgan fingerprint density at radius 3 is 2.57 bits per heavy atom. The molecule has 0 radical (unpaired) electrons. The van der Waals surface area contributed by atoms with Crippen LogP contribution in [0.4, 0.5) is 5.69 Å². The Labute approximate surface area is 127 Å².